The number of hydrogen-bond acceptors (Lipinski definition) is 11. The van der Waals surface area contributed by atoms with Crippen molar-refractivity contribution in [3.63, 3.8) is 0 Å². The summed E-state index contributed by atoms with van der Waals surface area (Å²) in [5, 5.41) is 20.0. The molecule has 12 nitrogen and oxygen atoms in total. The zero-order valence-electron chi connectivity index (χ0n) is 12.5. The number of rotatable bonds is 3. The van der Waals surface area contributed by atoms with Crippen molar-refractivity contribution in [2.24, 2.45) is 0 Å². The van der Waals surface area contributed by atoms with Gasteiger partial charge in [0.2, 0.25) is 16.3 Å². The van der Waals surface area contributed by atoms with E-state index in [4.69, 9.17) is 11.5 Å². The van der Waals surface area contributed by atoms with E-state index in [9.17, 15) is 23.2 Å². The van der Waals surface area contributed by atoms with Crippen LogP contribution in [0.25, 0.3) is 11.2 Å². The van der Waals surface area contributed by atoms with Crippen LogP contribution >= 0.6 is 0 Å². The minimum atomic E-state index is -5.02. The van der Waals surface area contributed by atoms with Crippen LogP contribution < -0.4 is 41.0 Å². The molecule has 4 atom stereocenters. The molecular weight excluding hydrogens is 355 g/mol. The number of anilines is 2. The van der Waals surface area contributed by atoms with Gasteiger partial charge in [-0.25, -0.2) is 13.4 Å². The molecule has 24 heavy (non-hydrogen) atoms. The summed E-state index contributed by atoms with van der Waals surface area (Å²) in [5.41, 5.74) is 11.6. The quantitative estimate of drug-likeness (QED) is 0.228. The molecule has 126 valence electrons. The van der Waals surface area contributed by atoms with E-state index >= 15 is 0 Å². The second-order valence-electron chi connectivity index (χ2n) is 5.12. The first kappa shape index (κ1) is 19.3. The fourth-order valence-corrected chi connectivity index (χ4v) is 3.18. The smallest absolute Gasteiger partial charge is 0.726 e. The van der Waals surface area contributed by atoms with E-state index < -0.39 is 34.8 Å². The monoisotopic (exact) mass is 368 g/mol. The van der Waals surface area contributed by atoms with Gasteiger partial charge in [-0.1, -0.05) is 0 Å². The number of aliphatic hydroxyl groups excluding tert-OH is 2. The van der Waals surface area contributed by atoms with Crippen molar-refractivity contribution in [3.8, 4) is 0 Å². The van der Waals surface area contributed by atoms with E-state index in [0.29, 0.717) is 0 Å². The van der Waals surface area contributed by atoms with Crippen molar-refractivity contribution in [3.05, 3.63) is 6.33 Å². The molecule has 1 fully saturated rings. The van der Waals surface area contributed by atoms with Crippen LogP contribution in [0.5, 0.6) is 0 Å². The van der Waals surface area contributed by atoms with Crippen LogP contribution in [0.3, 0.4) is 0 Å². The van der Waals surface area contributed by atoms with E-state index in [2.05, 4.69) is 19.1 Å². The van der Waals surface area contributed by atoms with Crippen molar-refractivity contribution in [2.75, 3.05) is 11.5 Å². The maximum atomic E-state index is 10.7. The van der Waals surface area contributed by atoms with Gasteiger partial charge in [0, 0.05) is 6.42 Å². The van der Waals surface area contributed by atoms with Gasteiger partial charge in [-0.15, -0.1) is 0 Å². The first-order chi connectivity index (χ1) is 10.7. The summed E-state index contributed by atoms with van der Waals surface area (Å²) in [6.07, 6.45) is -3.22. The third kappa shape index (κ3) is 3.48. The zero-order chi connectivity index (χ0) is 16.9. The molecule has 2 aromatic rings. The van der Waals surface area contributed by atoms with Crippen molar-refractivity contribution < 1.29 is 56.9 Å². The van der Waals surface area contributed by atoms with Crippen LogP contribution in [-0.4, -0.2) is 61.0 Å². The van der Waals surface area contributed by atoms with Gasteiger partial charge in [0.05, 0.1) is 12.4 Å². The maximum Gasteiger partial charge on any atom is 1.00 e. The Morgan fingerprint density at radius 3 is 2.58 bits per heavy atom. The standard InChI is InChI=1S/C10H14N6O6S.Na/c11-8-5-9(15-10(12)14-8)16(2-13-5)3-1-4(7(18)6(3)17)22-23(19,20)21;/h2-4,6-7,17-18H,1H2,(H,19,20,21)(H4,11,12,14,15);/q;+1/p-1/t3-,4-,6+,7-;/m1./s1. The second-order valence-corrected chi connectivity index (χ2v) is 6.13. The number of nitrogens with zero attached hydrogens (tertiary/aromatic N) is 4. The Balaban J connectivity index is 0.00000208. The number of aromatic nitrogens is 4. The molecule has 0 saturated heterocycles. The maximum absolute atomic E-state index is 10.7. The molecule has 0 aromatic carbocycles. The number of nitrogen functional groups attached to an aromatic ring is 2. The molecule has 0 radical (unpaired) electrons. The third-order valence-corrected chi connectivity index (χ3v) is 4.15. The van der Waals surface area contributed by atoms with Crippen molar-refractivity contribution in [1.82, 2.24) is 19.5 Å². The van der Waals surface area contributed by atoms with Crippen molar-refractivity contribution in [2.45, 2.75) is 30.8 Å². The number of nitrogens with two attached hydrogens (primary N) is 2. The average molecular weight is 368 g/mol. The van der Waals surface area contributed by atoms with E-state index in [1.165, 1.54) is 10.9 Å². The molecule has 6 N–H and O–H groups in total. The molecule has 1 saturated carbocycles. The Hall–Kier alpha value is -1.06. The molecule has 0 unspecified atom stereocenters. The molecule has 14 heteroatoms. The predicted molar refractivity (Wildman–Crippen MR) is 74.4 cm³/mol. The molecule has 2 aromatic heterocycles. The first-order valence-electron chi connectivity index (χ1n) is 6.43. The normalized spacial score (nSPS) is 27.3. The van der Waals surface area contributed by atoms with Crippen LogP contribution in [-0.2, 0) is 14.6 Å². The average Bonchev–Trinajstić information content (AvgIpc) is 2.94. The molecule has 1 aliphatic carbocycles. The van der Waals surface area contributed by atoms with Gasteiger partial charge in [-0.3, -0.25) is 4.18 Å². The van der Waals surface area contributed by atoms with Gasteiger partial charge >= 0.3 is 29.6 Å². The minimum absolute atomic E-state index is 0. The predicted octanol–water partition coefficient (Wildman–Crippen LogP) is -5.49. The topological polar surface area (TPSA) is 203 Å². The molecule has 2 heterocycles. The van der Waals surface area contributed by atoms with Crippen LogP contribution in [0.4, 0.5) is 11.8 Å². The van der Waals surface area contributed by atoms with E-state index in [0.717, 1.165) is 0 Å². The summed E-state index contributed by atoms with van der Waals surface area (Å²) in [5.74, 6) is -0.0751. The SMILES string of the molecule is Nc1nc(N)c2ncn([C@@H]3C[C@@H](OS(=O)(=O)[O-])[C@@H](O)[C@H]3O)c2n1.[Na+]. The fourth-order valence-electron chi connectivity index (χ4n) is 2.69. The van der Waals surface area contributed by atoms with Gasteiger partial charge in [-0.05, 0) is 0 Å². The van der Waals surface area contributed by atoms with Gasteiger partial charge in [0.15, 0.2) is 11.5 Å². The van der Waals surface area contributed by atoms with Crippen LogP contribution in [0, 0.1) is 0 Å². The number of hydrogen-bond donors (Lipinski definition) is 4. The first-order valence-corrected chi connectivity index (χ1v) is 7.76. The summed E-state index contributed by atoms with van der Waals surface area (Å²) in [6, 6.07) is -0.838. The van der Waals surface area contributed by atoms with Gasteiger partial charge in [0.25, 0.3) is 0 Å². The Morgan fingerprint density at radius 2 is 1.96 bits per heavy atom. The molecule has 0 spiro atoms. The minimum Gasteiger partial charge on any atom is -0.726 e. The summed E-state index contributed by atoms with van der Waals surface area (Å²) in [4.78, 5) is 11.7. The fraction of sp³-hybridized carbons (Fsp3) is 0.500. The van der Waals surface area contributed by atoms with Crippen LogP contribution in [0.15, 0.2) is 6.33 Å². The molecule has 0 bridgehead atoms. The summed E-state index contributed by atoms with van der Waals surface area (Å²) < 4.78 is 37.7. The molecule has 1 aliphatic rings. The summed E-state index contributed by atoms with van der Waals surface area (Å²) in [6.45, 7) is 0. The van der Waals surface area contributed by atoms with Gasteiger partial charge in [-0.2, -0.15) is 9.97 Å². The zero-order valence-corrected chi connectivity index (χ0v) is 15.3. The van der Waals surface area contributed by atoms with E-state index in [1.54, 1.807) is 0 Å². The van der Waals surface area contributed by atoms with Gasteiger partial charge < -0.3 is 30.8 Å². The third-order valence-electron chi connectivity index (χ3n) is 3.66. The van der Waals surface area contributed by atoms with E-state index in [-0.39, 0.29) is 58.9 Å². The molecule has 0 aliphatic heterocycles. The van der Waals surface area contributed by atoms with E-state index in [1.807, 2.05) is 0 Å². The second kappa shape index (κ2) is 6.68. The van der Waals surface area contributed by atoms with Crippen LogP contribution in [0.2, 0.25) is 0 Å². The number of aliphatic hydroxyl groups is 2. The van der Waals surface area contributed by atoms with Crippen molar-refractivity contribution in [1.29, 1.82) is 0 Å². The summed E-state index contributed by atoms with van der Waals surface area (Å²) in [7, 11) is -5.02. The van der Waals surface area contributed by atoms with Gasteiger partial charge in [0.1, 0.15) is 23.8 Å². The molecule has 0 amide bonds. The Bertz CT molecular complexity index is 859. The number of imidazole rings is 1. The van der Waals surface area contributed by atoms with Crippen molar-refractivity contribution >= 4 is 33.3 Å². The summed E-state index contributed by atoms with van der Waals surface area (Å²) >= 11 is 0. The number of fused-ring (bicyclic) bond motifs is 1. The van der Waals surface area contributed by atoms with Crippen LogP contribution in [0.1, 0.15) is 12.5 Å². The Kier molecular flexibility index (Phi) is 5.37. The Morgan fingerprint density at radius 1 is 1.29 bits per heavy atom. The molecule has 3 rings (SSSR count). The molecular formula is C10H13N6NaO6S. The Labute approximate surface area is 158 Å². The largest absolute Gasteiger partial charge is 1.00 e.